The molecule has 1 aliphatic heterocycles. The fraction of sp³-hybridized carbons (Fsp3) is 0.455. The highest BCUT2D eigenvalue weighted by Crippen LogP contribution is 2.24. The van der Waals surface area contributed by atoms with E-state index in [-0.39, 0.29) is 6.04 Å². The van der Waals surface area contributed by atoms with Crippen LogP contribution in [0.1, 0.15) is 12.8 Å². The highest BCUT2D eigenvalue weighted by atomic mass is 15.2. The minimum absolute atomic E-state index is 0.281. The third-order valence-corrected chi connectivity index (χ3v) is 2.66. The lowest BCUT2D eigenvalue weighted by atomic mass is 10.1. The Morgan fingerprint density at radius 3 is 3.07 bits per heavy atom. The Morgan fingerprint density at radius 2 is 2.36 bits per heavy atom. The van der Waals surface area contributed by atoms with Crippen molar-refractivity contribution in [3.05, 3.63) is 24.3 Å². The van der Waals surface area contributed by atoms with E-state index in [4.69, 9.17) is 11.5 Å². The van der Waals surface area contributed by atoms with Crippen molar-refractivity contribution < 1.29 is 0 Å². The Labute approximate surface area is 84.7 Å². The van der Waals surface area contributed by atoms with Gasteiger partial charge >= 0.3 is 0 Å². The van der Waals surface area contributed by atoms with E-state index in [1.165, 1.54) is 0 Å². The lowest BCUT2D eigenvalue weighted by molar-refractivity contribution is 0.506. The number of para-hydroxylation sites is 1. The van der Waals surface area contributed by atoms with E-state index in [1.54, 1.807) is 0 Å². The quantitative estimate of drug-likeness (QED) is 0.649. The van der Waals surface area contributed by atoms with E-state index in [0.717, 1.165) is 37.3 Å². The minimum atomic E-state index is 0.281. The topological polar surface area (TPSA) is 55.3 Å². The van der Waals surface area contributed by atoms with Crippen LogP contribution in [0.4, 0.5) is 11.4 Å². The molecule has 0 amide bonds. The molecule has 1 saturated heterocycles. The summed E-state index contributed by atoms with van der Waals surface area (Å²) >= 11 is 0. The second-order valence-corrected chi connectivity index (χ2v) is 3.82. The molecule has 0 aliphatic carbocycles. The molecule has 3 nitrogen and oxygen atoms in total. The Kier molecular flexibility index (Phi) is 2.59. The monoisotopic (exact) mass is 190 g/mol. The van der Waals surface area contributed by atoms with Gasteiger partial charge in [0, 0.05) is 25.2 Å². The largest absolute Gasteiger partial charge is 0.397 e. The molecule has 0 saturated carbocycles. The van der Waals surface area contributed by atoms with Crippen LogP contribution in [0.5, 0.6) is 0 Å². The van der Waals surface area contributed by atoms with Gasteiger partial charge in [0.1, 0.15) is 0 Å². The van der Waals surface area contributed by atoms with Crippen molar-refractivity contribution in [3.8, 4) is 0 Å². The molecule has 0 aromatic heterocycles. The van der Waals surface area contributed by atoms with E-state index in [0.29, 0.717) is 0 Å². The minimum Gasteiger partial charge on any atom is -0.397 e. The first-order valence-corrected chi connectivity index (χ1v) is 5.04. The molecule has 0 spiro atoms. The first-order chi connectivity index (χ1) is 6.77. The molecule has 4 N–H and O–H groups in total. The summed E-state index contributed by atoms with van der Waals surface area (Å²) in [6.07, 6.45) is 2.27. The van der Waals surface area contributed by atoms with Crippen LogP contribution >= 0.6 is 0 Å². The third-order valence-electron chi connectivity index (χ3n) is 2.66. The summed E-state index contributed by atoms with van der Waals surface area (Å²) < 4.78 is 0. The van der Waals surface area contributed by atoms with Crippen LogP contribution in [-0.4, -0.2) is 19.1 Å². The Hall–Kier alpha value is -1.22. The number of hydrogen-bond acceptors (Lipinski definition) is 3. The van der Waals surface area contributed by atoms with Crippen molar-refractivity contribution >= 4 is 11.4 Å². The van der Waals surface area contributed by atoms with Gasteiger partial charge in [0.2, 0.25) is 0 Å². The van der Waals surface area contributed by atoms with Gasteiger partial charge in [-0.05, 0) is 18.9 Å². The van der Waals surface area contributed by atoms with Crippen molar-refractivity contribution in [3.63, 3.8) is 0 Å². The molecule has 1 atom stereocenters. The Balaban J connectivity index is 2.18. The van der Waals surface area contributed by atoms with Crippen LogP contribution in [0.2, 0.25) is 0 Å². The summed E-state index contributed by atoms with van der Waals surface area (Å²) in [7, 11) is 0. The number of hydrogen-bond donors (Lipinski definition) is 2. The molecule has 1 unspecified atom stereocenters. The first-order valence-electron chi connectivity index (χ1n) is 5.04. The fourth-order valence-corrected chi connectivity index (χ4v) is 1.95. The van der Waals surface area contributed by atoms with Crippen LogP contribution in [0.15, 0.2) is 18.2 Å². The van der Waals surface area contributed by atoms with Crippen LogP contribution < -0.4 is 16.4 Å². The average molecular weight is 190 g/mol. The SMILES string of the molecule is Nc1[c]cccc1N1CCCC(N)C1. The second kappa shape index (κ2) is 3.88. The van der Waals surface area contributed by atoms with Crippen molar-refractivity contribution in [2.45, 2.75) is 18.9 Å². The molecule has 1 radical (unpaired) electrons. The number of nitrogen functional groups attached to an aromatic ring is 1. The van der Waals surface area contributed by atoms with Crippen LogP contribution in [0.3, 0.4) is 0 Å². The maximum atomic E-state index is 5.92. The smallest absolute Gasteiger partial charge is 0.0632 e. The van der Waals surface area contributed by atoms with E-state index in [1.807, 2.05) is 18.2 Å². The van der Waals surface area contributed by atoms with Gasteiger partial charge < -0.3 is 16.4 Å². The van der Waals surface area contributed by atoms with Gasteiger partial charge in [0.15, 0.2) is 0 Å². The van der Waals surface area contributed by atoms with Crippen molar-refractivity contribution in [2.24, 2.45) is 5.73 Å². The zero-order valence-electron chi connectivity index (χ0n) is 8.24. The molecule has 1 aromatic rings. The standard InChI is InChI=1S/C11H16N3/c12-9-4-3-7-14(8-9)11-6-2-1-5-10(11)13/h1-2,6,9H,3-4,7-8,12-13H2. The fourth-order valence-electron chi connectivity index (χ4n) is 1.95. The second-order valence-electron chi connectivity index (χ2n) is 3.82. The summed E-state index contributed by atoms with van der Waals surface area (Å²) in [4.78, 5) is 2.25. The number of nitrogens with zero attached hydrogens (tertiary/aromatic N) is 1. The Morgan fingerprint density at radius 1 is 1.50 bits per heavy atom. The van der Waals surface area contributed by atoms with Crippen molar-refractivity contribution in [1.82, 2.24) is 0 Å². The van der Waals surface area contributed by atoms with E-state index in [9.17, 15) is 0 Å². The molecule has 2 rings (SSSR count). The summed E-state index contributed by atoms with van der Waals surface area (Å²) in [6, 6.07) is 9.12. The summed E-state index contributed by atoms with van der Waals surface area (Å²) in [6.45, 7) is 1.96. The van der Waals surface area contributed by atoms with Gasteiger partial charge in [-0.15, -0.1) is 0 Å². The molecule has 3 heteroatoms. The van der Waals surface area contributed by atoms with E-state index < -0.39 is 0 Å². The van der Waals surface area contributed by atoms with Gasteiger partial charge in [-0.3, -0.25) is 0 Å². The van der Waals surface area contributed by atoms with Gasteiger partial charge in [-0.2, -0.15) is 0 Å². The number of benzene rings is 1. The van der Waals surface area contributed by atoms with E-state index >= 15 is 0 Å². The average Bonchev–Trinajstić information content (AvgIpc) is 2.18. The van der Waals surface area contributed by atoms with Gasteiger partial charge in [0.05, 0.1) is 11.4 Å². The van der Waals surface area contributed by atoms with Crippen LogP contribution in [0, 0.1) is 6.07 Å². The number of anilines is 2. The molecule has 1 fully saturated rings. The maximum Gasteiger partial charge on any atom is 0.0632 e. The van der Waals surface area contributed by atoms with Crippen molar-refractivity contribution in [1.29, 1.82) is 0 Å². The third kappa shape index (κ3) is 1.82. The highest BCUT2D eigenvalue weighted by Gasteiger charge is 2.17. The molecule has 0 bridgehead atoms. The van der Waals surface area contributed by atoms with Gasteiger partial charge in [-0.25, -0.2) is 0 Å². The predicted molar refractivity (Wildman–Crippen MR) is 59.1 cm³/mol. The molecule has 14 heavy (non-hydrogen) atoms. The van der Waals surface area contributed by atoms with Gasteiger partial charge in [0.25, 0.3) is 0 Å². The van der Waals surface area contributed by atoms with E-state index in [2.05, 4.69) is 11.0 Å². The molecule has 1 heterocycles. The van der Waals surface area contributed by atoms with Gasteiger partial charge in [-0.1, -0.05) is 12.1 Å². The summed E-state index contributed by atoms with van der Waals surface area (Å²) in [5.74, 6) is 0. The lowest BCUT2D eigenvalue weighted by Crippen LogP contribution is -2.43. The molecular weight excluding hydrogens is 174 g/mol. The lowest BCUT2D eigenvalue weighted by Gasteiger charge is -2.33. The summed E-state index contributed by atoms with van der Waals surface area (Å²) in [5, 5.41) is 0. The van der Waals surface area contributed by atoms with Crippen LogP contribution in [0.25, 0.3) is 0 Å². The first kappa shape index (κ1) is 9.34. The molecule has 75 valence electrons. The van der Waals surface area contributed by atoms with Crippen molar-refractivity contribution in [2.75, 3.05) is 23.7 Å². The predicted octanol–water partition coefficient (Wildman–Crippen LogP) is 0.996. The summed E-state index contributed by atoms with van der Waals surface area (Å²) in [5.41, 5.74) is 13.6. The highest BCUT2D eigenvalue weighted by molar-refractivity contribution is 5.66. The Bertz CT molecular complexity index is 311. The molecule has 1 aliphatic rings. The van der Waals surface area contributed by atoms with Crippen LogP contribution in [-0.2, 0) is 0 Å². The molecular formula is C11H16N3. The zero-order chi connectivity index (χ0) is 9.97. The normalized spacial score (nSPS) is 22.4. The number of piperidine rings is 1. The zero-order valence-corrected chi connectivity index (χ0v) is 8.24. The molecule has 1 aromatic carbocycles. The maximum absolute atomic E-state index is 5.92. The number of nitrogens with two attached hydrogens (primary N) is 2. The number of rotatable bonds is 1.